The van der Waals surface area contributed by atoms with Crippen LogP contribution >= 0.6 is 23.2 Å². The second-order valence-electron chi connectivity index (χ2n) is 8.01. The van der Waals surface area contributed by atoms with Gasteiger partial charge in [-0.25, -0.2) is 8.42 Å². The van der Waals surface area contributed by atoms with Crippen molar-refractivity contribution in [3.05, 3.63) is 40.6 Å². The summed E-state index contributed by atoms with van der Waals surface area (Å²) in [5.74, 6) is -0.998. The van der Waals surface area contributed by atoms with Gasteiger partial charge in [0.15, 0.2) is 0 Å². The molecular weight excluding hydrogens is 451 g/mol. The summed E-state index contributed by atoms with van der Waals surface area (Å²) in [5.41, 5.74) is -0.164. The second kappa shape index (κ2) is 8.74. The van der Waals surface area contributed by atoms with E-state index in [1.165, 1.54) is 30.6 Å². The van der Waals surface area contributed by atoms with E-state index in [2.05, 4.69) is 16.0 Å². The highest BCUT2D eigenvalue weighted by molar-refractivity contribution is 7.89. The molecule has 1 aromatic carbocycles. The summed E-state index contributed by atoms with van der Waals surface area (Å²) in [6.45, 7) is 5.60. The molecule has 0 saturated carbocycles. The van der Waals surface area contributed by atoms with Crippen LogP contribution in [0.4, 0.5) is 0 Å². The predicted molar refractivity (Wildman–Crippen MR) is 114 cm³/mol. The number of halogens is 2. The standard InChI is InChI=1S/C19H24Cl2N4O4S/c1-19(2)11-22-7-6-15(19)24-16(26)10-13-18(27)23-8-9-25(13)30(28,29)14-5-3-4-12(20)17(14)21/h3-5,8-9,13,15,22H,6-7,10-11H2,1-2H3,(H,23,27)(H,24,26)/t13-,15?/m1/s1. The van der Waals surface area contributed by atoms with E-state index in [1.54, 1.807) is 0 Å². The Hall–Kier alpha value is -1.81. The highest BCUT2D eigenvalue weighted by Crippen LogP contribution is 2.33. The number of piperidine rings is 1. The Balaban J connectivity index is 1.84. The normalized spacial score (nSPS) is 23.7. The van der Waals surface area contributed by atoms with Gasteiger partial charge in [0.2, 0.25) is 11.8 Å². The number of benzene rings is 1. The molecule has 2 aliphatic rings. The maximum atomic E-state index is 13.2. The molecule has 0 bridgehead atoms. The SMILES string of the molecule is CC1(C)CNCCC1NC(=O)C[C@@H]1C(=O)NC=CN1S(=O)(=O)c1cccc(Cl)c1Cl. The third-order valence-electron chi connectivity index (χ3n) is 5.38. The Labute approximate surface area is 186 Å². The van der Waals surface area contributed by atoms with Gasteiger partial charge < -0.3 is 16.0 Å². The first-order valence-electron chi connectivity index (χ1n) is 9.49. The second-order valence-corrected chi connectivity index (χ2v) is 10.6. The monoisotopic (exact) mass is 474 g/mol. The minimum Gasteiger partial charge on any atom is -0.353 e. The van der Waals surface area contributed by atoms with Crippen LogP contribution in [0.25, 0.3) is 0 Å². The van der Waals surface area contributed by atoms with Crippen molar-refractivity contribution < 1.29 is 18.0 Å². The number of carbonyl (C=O) groups is 2. The smallest absolute Gasteiger partial charge is 0.266 e. The summed E-state index contributed by atoms with van der Waals surface area (Å²) in [6, 6.07) is 2.89. The molecule has 3 rings (SSSR count). The Morgan fingerprint density at radius 1 is 1.33 bits per heavy atom. The first-order chi connectivity index (χ1) is 14.0. The summed E-state index contributed by atoms with van der Waals surface area (Å²) in [4.78, 5) is 25.0. The largest absolute Gasteiger partial charge is 0.353 e. The summed E-state index contributed by atoms with van der Waals surface area (Å²) < 4.78 is 27.3. The summed E-state index contributed by atoms with van der Waals surface area (Å²) in [7, 11) is -4.22. The molecule has 1 fully saturated rings. The van der Waals surface area contributed by atoms with Crippen LogP contribution in [0.3, 0.4) is 0 Å². The molecule has 3 N–H and O–H groups in total. The van der Waals surface area contributed by atoms with E-state index < -0.39 is 27.9 Å². The highest BCUT2D eigenvalue weighted by atomic mass is 35.5. The van der Waals surface area contributed by atoms with E-state index in [4.69, 9.17) is 23.2 Å². The first-order valence-corrected chi connectivity index (χ1v) is 11.7. The molecule has 0 spiro atoms. The van der Waals surface area contributed by atoms with Crippen LogP contribution in [0.15, 0.2) is 35.5 Å². The number of carbonyl (C=O) groups excluding carboxylic acids is 2. The number of amides is 2. The summed E-state index contributed by atoms with van der Waals surface area (Å²) >= 11 is 12.1. The molecular formula is C19H24Cl2N4O4S. The number of nitrogens with zero attached hydrogens (tertiary/aromatic N) is 1. The van der Waals surface area contributed by atoms with Gasteiger partial charge in [0, 0.05) is 25.0 Å². The molecule has 2 amide bonds. The van der Waals surface area contributed by atoms with Gasteiger partial charge in [-0.15, -0.1) is 0 Å². The fraction of sp³-hybridized carbons (Fsp3) is 0.474. The topological polar surface area (TPSA) is 108 Å². The summed E-state index contributed by atoms with van der Waals surface area (Å²) in [6.07, 6.45) is 2.84. The Morgan fingerprint density at radius 3 is 2.77 bits per heavy atom. The maximum Gasteiger partial charge on any atom is 0.266 e. The molecule has 2 aliphatic heterocycles. The van der Waals surface area contributed by atoms with E-state index in [-0.39, 0.29) is 32.8 Å². The number of sulfonamides is 1. The molecule has 2 atom stereocenters. The van der Waals surface area contributed by atoms with Gasteiger partial charge in [0.1, 0.15) is 10.9 Å². The van der Waals surface area contributed by atoms with Gasteiger partial charge in [0.05, 0.1) is 16.5 Å². The Morgan fingerprint density at radius 2 is 2.07 bits per heavy atom. The van der Waals surface area contributed by atoms with Crippen LogP contribution in [0, 0.1) is 5.41 Å². The molecule has 0 radical (unpaired) electrons. The van der Waals surface area contributed by atoms with Gasteiger partial charge in [-0.2, -0.15) is 0 Å². The van der Waals surface area contributed by atoms with E-state index in [0.717, 1.165) is 23.8 Å². The molecule has 30 heavy (non-hydrogen) atoms. The fourth-order valence-corrected chi connectivity index (χ4v) is 5.79. The van der Waals surface area contributed by atoms with Crippen molar-refractivity contribution in [2.45, 2.75) is 43.7 Å². The van der Waals surface area contributed by atoms with E-state index in [0.29, 0.717) is 0 Å². The van der Waals surface area contributed by atoms with Crippen molar-refractivity contribution >= 4 is 45.0 Å². The Bertz CT molecular complexity index is 981. The number of hydrogen-bond acceptors (Lipinski definition) is 5. The van der Waals surface area contributed by atoms with Gasteiger partial charge >= 0.3 is 0 Å². The van der Waals surface area contributed by atoms with Crippen molar-refractivity contribution in [3.8, 4) is 0 Å². The van der Waals surface area contributed by atoms with E-state index in [9.17, 15) is 18.0 Å². The zero-order valence-corrected chi connectivity index (χ0v) is 18.9. The van der Waals surface area contributed by atoms with Gasteiger partial charge in [0.25, 0.3) is 10.0 Å². The van der Waals surface area contributed by atoms with Crippen LogP contribution in [0.2, 0.25) is 10.0 Å². The number of nitrogens with one attached hydrogen (secondary N) is 3. The number of hydrogen-bond donors (Lipinski definition) is 3. The first kappa shape index (κ1) is 22.9. The average Bonchev–Trinajstić information content (AvgIpc) is 2.67. The molecule has 0 aliphatic carbocycles. The lowest BCUT2D eigenvalue weighted by Gasteiger charge is -2.40. The van der Waals surface area contributed by atoms with Crippen LogP contribution in [-0.2, 0) is 19.6 Å². The average molecular weight is 475 g/mol. The minimum atomic E-state index is -4.22. The van der Waals surface area contributed by atoms with Crippen LogP contribution in [0.5, 0.6) is 0 Å². The van der Waals surface area contributed by atoms with E-state index in [1.807, 2.05) is 13.8 Å². The van der Waals surface area contributed by atoms with Crippen molar-refractivity contribution in [2.75, 3.05) is 13.1 Å². The fourth-order valence-electron chi connectivity index (χ4n) is 3.60. The van der Waals surface area contributed by atoms with Gasteiger partial charge in [-0.1, -0.05) is 43.1 Å². The lowest BCUT2D eigenvalue weighted by molar-refractivity contribution is -0.130. The quantitative estimate of drug-likeness (QED) is 0.603. The molecule has 8 nitrogen and oxygen atoms in total. The third-order valence-corrected chi connectivity index (χ3v) is 8.13. The number of rotatable bonds is 5. The minimum absolute atomic E-state index is 0.0746. The van der Waals surface area contributed by atoms with Crippen molar-refractivity contribution in [1.29, 1.82) is 0 Å². The molecule has 11 heteroatoms. The molecule has 0 aromatic heterocycles. The zero-order chi connectivity index (χ0) is 22.1. The van der Waals surface area contributed by atoms with Crippen molar-refractivity contribution in [2.24, 2.45) is 5.41 Å². The Kier molecular flexibility index (Phi) is 6.66. The van der Waals surface area contributed by atoms with Crippen LogP contribution < -0.4 is 16.0 Å². The summed E-state index contributed by atoms with van der Waals surface area (Å²) in [5, 5.41) is 8.64. The molecule has 2 heterocycles. The highest BCUT2D eigenvalue weighted by Gasteiger charge is 2.39. The van der Waals surface area contributed by atoms with Gasteiger partial charge in [-0.3, -0.25) is 13.9 Å². The van der Waals surface area contributed by atoms with Crippen molar-refractivity contribution in [1.82, 2.24) is 20.3 Å². The maximum absolute atomic E-state index is 13.2. The van der Waals surface area contributed by atoms with E-state index >= 15 is 0 Å². The molecule has 1 saturated heterocycles. The van der Waals surface area contributed by atoms with Crippen LogP contribution in [0.1, 0.15) is 26.7 Å². The lowest BCUT2D eigenvalue weighted by atomic mass is 9.80. The van der Waals surface area contributed by atoms with Crippen molar-refractivity contribution in [3.63, 3.8) is 0 Å². The predicted octanol–water partition coefficient (Wildman–Crippen LogP) is 1.85. The molecule has 164 valence electrons. The molecule has 1 aromatic rings. The zero-order valence-electron chi connectivity index (χ0n) is 16.6. The van der Waals surface area contributed by atoms with Gasteiger partial charge in [-0.05, 0) is 30.5 Å². The third kappa shape index (κ3) is 4.59. The van der Waals surface area contributed by atoms with Crippen LogP contribution in [-0.4, -0.2) is 49.7 Å². The lowest BCUT2D eigenvalue weighted by Crippen LogP contribution is -2.56. The molecule has 1 unspecified atom stereocenters.